The van der Waals surface area contributed by atoms with Gasteiger partial charge < -0.3 is 5.32 Å². The SMILES string of the molecule is C#CCNCCn1cccnc1=O. The first-order valence-electron chi connectivity index (χ1n) is 4.00. The van der Waals surface area contributed by atoms with Crippen molar-refractivity contribution in [3.8, 4) is 12.3 Å². The molecule has 68 valence electrons. The van der Waals surface area contributed by atoms with Crippen molar-refractivity contribution in [1.29, 1.82) is 0 Å². The molecule has 4 heteroatoms. The van der Waals surface area contributed by atoms with Crippen molar-refractivity contribution in [2.45, 2.75) is 6.54 Å². The van der Waals surface area contributed by atoms with Crippen molar-refractivity contribution in [2.24, 2.45) is 0 Å². The van der Waals surface area contributed by atoms with Gasteiger partial charge in [-0.1, -0.05) is 5.92 Å². The molecule has 13 heavy (non-hydrogen) atoms. The van der Waals surface area contributed by atoms with E-state index in [4.69, 9.17) is 6.42 Å². The van der Waals surface area contributed by atoms with Gasteiger partial charge in [-0.3, -0.25) is 4.57 Å². The Morgan fingerprint density at radius 1 is 1.69 bits per heavy atom. The van der Waals surface area contributed by atoms with E-state index in [0.29, 0.717) is 19.6 Å². The molecular weight excluding hydrogens is 166 g/mol. The van der Waals surface area contributed by atoms with Crippen molar-refractivity contribution in [3.05, 3.63) is 28.9 Å². The van der Waals surface area contributed by atoms with Gasteiger partial charge in [-0.2, -0.15) is 0 Å². The molecule has 0 aliphatic heterocycles. The summed E-state index contributed by atoms with van der Waals surface area (Å²) in [5, 5.41) is 2.99. The monoisotopic (exact) mass is 177 g/mol. The average Bonchev–Trinajstić information content (AvgIpc) is 2.15. The van der Waals surface area contributed by atoms with E-state index in [1.807, 2.05) is 0 Å². The summed E-state index contributed by atoms with van der Waals surface area (Å²) in [4.78, 5) is 14.7. The van der Waals surface area contributed by atoms with Crippen LogP contribution in [-0.4, -0.2) is 22.6 Å². The summed E-state index contributed by atoms with van der Waals surface area (Å²) in [6, 6.07) is 1.72. The number of aromatic nitrogens is 2. The Kier molecular flexibility index (Phi) is 3.74. The molecule has 0 aliphatic rings. The Morgan fingerprint density at radius 2 is 2.54 bits per heavy atom. The van der Waals surface area contributed by atoms with Gasteiger partial charge in [0, 0.05) is 25.5 Å². The maximum Gasteiger partial charge on any atom is 0.347 e. The van der Waals surface area contributed by atoms with Crippen LogP contribution in [0.3, 0.4) is 0 Å². The molecule has 1 N–H and O–H groups in total. The van der Waals surface area contributed by atoms with Crippen LogP contribution in [-0.2, 0) is 6.54 Å². The minimum Gasteiger partial charge on any atom is -0.304 e. The van der Waals surface area contributed by atoms with E-state index >= 15 is 0 Å². The quantitative estimate of drug-likeness (QED) is 0.496. The normalized spacial score (nSPS) is 9.46. The first-order chi connectivity index (χ1) is 6.34. The predicted molar refractivity (Wildman–Crippen MR) is 50.2 cm³/mol. The molecule has 0 saturated heterocycles. The second-order valence-corrected chi connectivity index (χ2v) is 2.48. The summed E-state index contributed by atoms with van der Waals surface area (Å²) in [7, 11) is 0. The number of rotatable bonds is 4. The predicted octanol–water partition coefficient (Wildman–Crippen LogP) is -0.534. The minimum absolute atomic E-state index is 0.231. The Balaban J connectivity index is 2.42. The maximum atomic E-state index is 11.1. The fourth-order valence-corrected chi connectivity index (χ4v) is 0.917. The number of nitrogens with zero attached hydrogens (tertiary/aromatic N) is 2. The van der Waals surface area contributed by atoms with Crippen molar-refractivity contribution < 1.29 is 0 Å². The average molecular weight is 177 g/mol. The summed E-state index contributed by atoms with van der Waals surface area (Å²) in [5.41, 5.74) is -0.231. The number of hydrogen-bond donors (Lipinski definition) is 1. The molecule has 1 aromatic heterocycles. The zero-order valence-corrected chi connectivity index (χ0v) is 7.23. The van der Waals surface area contributed by atoms with Gasteiger partial charge in [0.15, 0.2) is 0 Å². The van der Waals surface area contributed by atoms with Gasteiger partial charge in [-0.25, -0.2) is 9.78 Å². The molecule has 0 amide bonds. The fraction of sp³-hybridized carbons (Fsp3) is 0.333. The molecule has 0 unspecified atom stereocenters. The van der Waals surface area contributed by atoms with Crippen LogP contribution < -0.4 is 11.0 Å². The van der Waals surface area contributed by atoms with E-state index in [1.54, 1.807) is 12.3 Å². The largest absolute Gasteiger partial charge is 0.347 e. The van der Waals surface area contributed by atoms with E-state index in [0.717, 1.165) is 0 Å². The van der Waals surface area contributed by atoms with E-state index in [2.05, 4.69) is 16.2 Å². The third-order valence-electron chi connectivity index (χ3n) is 1.54. The molecule has 1 heterocycles. The van der Waals surface area contributed by atoms with Gasteiger partial charge in [0.2, 0.25) is 0 Å². The first kappa shape index (κ1) is 9.49. The smallest absolute Gasteiger partial charge is 0.304 e. The summed E-state index contributed by atoms with van der Waals surface area (Å²) in [6.07, 6.45) is 8.23. The van der Waals surface area contributed by atoms with Gasteiger partial charge in [0.05, 0.1) is 6.54 Å². The molecule has 0 spiro atoms. The Labute approximate surface area is 76.6 Å². The second-order valence-electron chi connectivity index (χ2n) is 2.48. The summed E-state index contributed by atoms with van der Waals surface area (Å²) in [5.74, 6) is 2.45. The highest BCUT2D eigenvalue weighted by Gasteiger charge is 1.92. The van der Waals surface area contributed by atoms with E-state index in [1.165, 1.54) is 10.8 Å². The van der Waals surface area contributed by atoms with E-state index < -0.39 is 0 Å². The first-order valence-corrected chi connectivity index (χ1v) is 4.00. The highest BCUT2D eigenvalue weighted by molar-refractivity contribution is 4.86. The van der Waals surface area contributed by atoms with Gasteiger partial charge in [0.1, 0.15) is 0 Å². The minimum atomic E-state index is -0.231. The Hall–Kier alpha value is -1.60. The lowest BCUT2D eigenvalue weighted by molar-refractivity contribution is 0.600. The molecule has 0 aromatic carbocycles. The van der Waals surface area contributed by atoms with Crippen LogP contribution in [0.25, 0.3) is 0 Å². The number of nitrogens with one attached hydrogen (secondary N) is 1. The molecule has 0 bridgehead atoms. The van der Waals surface area contributed by atoms with Crippen LogP contribution in [0.2, 0.25) is 0 Å². The molecular formula is C9H11N3O. The lowest BCUT2D eigenvalue weighted by Crippen LogP contribution is -2.27. The molecule has 0 aliphatic carbocycles. The van der Waals surface area contributed by atoms with Crippen LogP contribution in [0.5, 0.6) is 0 Å². The van der Waals surface area contributed by atoms with Crippen LogP contribution in [0, 0.1) is 12.3 Å². The van der Waals surface area contributed by atoms with Crippen molar-refractivity contribution in [2.75, 3.05) is 13.1 Å². The van der Waals surface area contributed by atoms with Crippen molar-refractivity contribution >= 4 is 0 Å². The summed E-state index contributed by atoms with van der Waals surface area (Å²) < 4.78 is 1.53. The second kappa shape index (κ2) is 5.12. The van der Waals surface area contributed by atoms with Gasteiger partial charge >= 0.3 is 5.69 Å². The third-order valence-corrected chi connectivity index (χ3v) is 1.54. The molecule has 1 aromatic rings. The highest BCUT2D eigenvalue weighted by atomic mass is 16.1. The van der Waals surface area contributed by atoms with Crippen molar-refractivity contribution in [3.63, 3.8) is 0 Å². The number of hydrogen-bond acceptors (Lipinski definition) is 3. The van der Waals surface area contributed by atoms with E-state index in [-0.39, 0.29) is 5.69 Å². The molecule has 0 atom stereocenters. The topological polar surface area (TPSA) is 46.9 Å². The van der Waals surface area contributed by atoms with Crippen LogP contribution >= 0.6 is 0 Å². The molecule has 0 fully saturated rings. The number of terminal acetylenes is 1. The molecule has 1 rings (SSSR count). The molecule has 4 nitrogen and oxygen atoms in total. The lowest BCUT2D eigenvalue weighted by Gasteiger charge is -2.03. The standard InChI is InChI=1S/C9H11N3O/c1-2-4-10-6-8-12-7-3-5-11-9(12)13/h1,3,5,7,10H,4,6,8H2. The summed E-state index contributed by atoms with van der Waals surface area (Å²) >= 11 is 0. The fourth-order valence-electron chi connectivity index (χ4n) is 0.917. The summed E-state index contributed by atoms with van der Waals surface area (Å²) in [6.45, 7) is 1.79. The lowest BCUT2D eigenvalue weighted by atomic mass is 10.5. The van der Waals surface area contributed by atoms with Crippen LogP contribution in [0.4, 0.5) is 0 Å². The zero-order chi connectivity index (χ0) is 9.52. The maximum absolute atomic E-state index is 11.1. The van der Waals surface area contributed by atoms with Gasteiger partial charge in [-0.05, 0) is 6.07 Å². The van der Waals surface area contributed by atoms with Gasteiger partial charge in [0.25, 0.3) is 0 Å². The van der Waals surface area contributed by atoms with E-state index in [9.17, 15) is 4.79 Å². The highest BCUT2D eigenvalue weighted by Crippen LogP contribution is 1.77. The Morgan fingerprint density at radius 3 is 3.23 bits per heavy atom. The third kappa shape index (κ3) is 3.09. The van der Waals surface area contributed by atoms with Crippen molar-refractivity contribution in [1.82, 2.24) is 14.9 Å². The molecule has 0 saturated carbocycles. The van der Waals surface area contributed by atoms with Gasteiger partial charge in [-0.15, -0.1) is 6.42 Å². The van der Waals surface area contributed by atoms with Crippen LogP contribution in [0.1, 0.15) is 0 Å². The van der Waals surface area contributed by atoms with Crippen LogP contribution in [0.15, 0.2) is 23.3 Å². The zero-order valence-electron chi connectivity index (χ0n) is 7.23. The molecule has 0 radical (unpaired) electrons. The Bertz CT molecular complexity index is 350.